The Hall–Kier alpha value is -3.22. The number of carbonyl (C=O) groups is 1. The monoisotopic (exact) mass is 326 g/mol. The first kappa shape index (κ1) is 14.4. The van der Waals surface area contributed by atoms with Gasteiger partial charge in [0, 0.05) is 11.1 Å². The molecule has 0 radical (unpaired) electrons. The number of fused-ring (bicyclic) bond motifs is 2. The van der Waals surface area contributed by atoms with Gasteiger partial charge in [0.05, 0.1) is 5.71 Å². The summed E-state index contributed by atoms with van der Waals surface area (Å²) in [7, 11) is 0. The van der Waals surface area contributed by atoms with Crippen molar-refractivity contribution in [3.8, 4) is 23.0 Å². The van der Waals surface area contributed by atoms with Gasteiger partial charge in [-0.1, -0.05) is 0 Å². The van der Waals surface area contributed by atoms with Crippen LogP contribution in [0.25, 0.3) is 0 Å². The van der Waals surface area contributed by atoms with Crippen molar-refractivity contribution in [1.29, 1.82) is 0 Å². The topological polar surface area (TPSA) is 78.4 Å². The molecule has 2 aromatic rings. The van der Waals surface area contributed by atoms with Crippen LogP contribution >= 0.6 is 0 Å². The van der Waals surface area contributed by atoms with Crippen molar-refractivity contribution in [1.82, 2.24) is 5.43 Å². The van der Waals surface area contributed by atoms with Gasteiger partial charge in [-0.2, -0.15) is 5.10 Å². The molecule has 4 rings (SSSR count). The van der Waals surface area contributed by atoms with Gasteiger partial charge in [-0.25, -0.2) is 5.43 Å². The van der Waals surface area contributed by atoms with Crippen molar-refractivity contribution >= 4 is 11.6 Å². The van der Waals surface area contributed by atoms with E-state index in [1.807, 2.05) is 18.2 Å². The lowest BCUT2D eigenvalue weighted by Gasteiger charge is -2.05. The molecule has 0 fully saturated rings. The first-order valence-electron chi connectivity index (χ1n) is 7.35. The van der Waals surface area contributed by atoms with Crippen LogP contribution in [0.3, 0.4) is 0 Å². The molecule has 0 saturated carbocycles. The molecule has 2 aromatic carbocycles. The van der Waals surface area contributed by atoms with Gasteiger partial charge in [-0.15, -0.1) is 0 Å². The summed E-state index contributed by atoms with van der Waals surface area (Å²) >= 11 is 0. The highest BCUT2D eigenvalue weighted by atomic mass is 16.7. The fraction of sp³-hybridized carbons (Fsp3) is 0.176. The Morgan fingerprint density at radius 1 is 0.875 bits per heavy atom. The van der Waals surface area contributed by atoms with Gasteiger partial charge in [0.25, 0.3) is 5.91 Å². The highest BCUT2D eigenvalue weighted by Crippen LogP contribution is 2.33. The molecule has 2 aliphatic heterocycles. The predicted molar refractivity (Wildman–Crippen MR) is 84.8 cm³/mol. The zero-order chi connectivity index (χ0) is 16.5. The summed E-state index contributed by atoms with van der Waals surface area (Å²) in [5.41, 5.74) is 4.48. The second-order valence-electron chi connectivity index (χ2n) is 5.27. The van der Waals surface area contributed by atoms with E-state index in [1.165, 1.54) is 0 Å². The number of hydrazone groups is 1. The number of amides is 1. The summed E-state index contributed by atoms with van der Waals surface area (Å²) in [4.78, 5) is 12.2. The number of carbonyl (C=O) groups excluding carboxylic acids is 1. The molecule has 0 saturated heterocycles. The lowest BCUT2D eigenvalue weighted by Crippen LogP contribution is -2.19. The van der Waals surface area contributed by atoms with Crippen LogP contribution in [0.2, 0.25) is 0 Å². The van der Waals surface area contributed by atoms with Crippen molar-refractivity contribution in [2.75, 3.05) is 13.6 Å². The van der Waals surface area contributed by atoms with Crippen LogP contribution in [0.1, 0.15) is 22.8 Å². The Morgan fingerprint density at radius 3 is 2.08 bits per heavy atom. The largest absolute Gasteiger partial charge is 0.454 e. The van der Waals surface area contributed by atoms with Crippen LogP contribution in [-0.2, 0) is 0 Å². The van der Waals surface area contributed by atoms with E-state index in [4.69, 9.17) is 18.9 Å². The molecule has 0 aromatic heterocycles. The van der Waals surface area contributed by atoms with Crippen molar-refractivity contribution in [2.45, 2.75) is 6.92 Å². The smallest absolute Gasteiger partial charge is 0.271 e. The number of hydrogen-bond acceptors (Lipinski definition) is 6. The third kappa shape index (κ3) is 2.60. The van der Waals surface area contributed by atoms with Crippen LogP contribution in [0.4, 0.5) is 0 Å². The van der Waals surface area contributed by atoms with Gasteiger partial charge < -0.3 is 18.9 Å². The fourth-order valence-electron chi connectivity index (χ4n) is 2.42. The molecule has 7 nitrogen and oxygen atoms in total. The quantitative estimate of drug-likeness (QED) is 0.692. The molecule has 0 bridgehead atoms. The number of benzene rings is 2. The van der Waals surface area contributed by atoms with Crippen molar-refractivity contribution in [3.05, 3.63) is 47.5 Å². The number of ether oxygens (including phenoxy) is 4. The van der Waals surface area contributed by atoms with Crippen LogP contribution in [0.5, 0.6) is 23.0 Å². The summed E-state index contributed by atoms with van der Waals surface area (Å²) < 4.78 is 21.1. The zero-order valence-corrected chi connectivity index (χ0v) is 12.9. The average molecular weight is 326 g/mol. The SMILES string of the molecule is CC(=NNC(=O)c1ccc2c(c1)OCO2)c1ccc2c(c1)OCO2. The van der Waals surface area contributed by atoms with E-state index in [9.17, 15) is 4.79 Å². The number of nitrogens with zero attached hydrogens (tertiary/aromatic N) is 1. The highest BCUT2D eigenvalue weighted by Gasteiger charge is 2.17. The van der Waals surface area contributed by atoms with Crippen molar-refractivity contribution in [3.63, 3.8) is 0 Å². The summed E-state index contributed by atoms with van der Waals surface area (Å²) in [6.45, 7) is 2.19. The van der Waals surface area contributed by atoms with Crippen LogP contribution in [-0.4, -0.2) is 25.2 Å². The molecule has 1 N–H and O–H groups in total. The van der Waals surface area contributed by atoms with E-state index in [2.05, 4.69) is 10.5 Å². The maximum absolute atomic E-state index is 12.2. The van der Waals surface area contributed by atoms with E-state index in [0.717, 1.165) is 5.56 Å². The van der Waals surface area contributed by atoms with Crippen molar-refractivity contribution in [2.24, 2.45) is 5.10 Å². The maximum Gasteiger partial charge on any atom is 0.271 e. The molecule has 2 heterocycles. The molecule has 122 valence electrons. The molecule has 2 aliphatic rings. The molecule has 7 heteroatoms. The minimum Gasteiger partial charge on any atom is -0.454 e. The van der Waals surface area contributed by atoms with Crippen molar-refractivity contribution < 1.29 is 23.7 Å². The van der Waals surface area contributed by atoms with E-state index in [0.29, 0.717) is 34.3 Å². The van der Waals surface area contributed by atoms with Gasteiger partial charge in [-0.3, -0.25) is 4.79 Å². The van der Waals surface area contributed by atoms with E-state index in [-0.39, 0.29) is 19.5 Å². The molecule has 0 aliphatic carbocycles. The third-order valence-electron chi connectivity index (χ3n) is 3.75. The number of hydrogen-bond donors (Lipinski definition) is 1. The minimum absolute atomic E-state index is 0.168. The highest BCUT2D eigenvalue weighted by molar-refractivity contribution is 6.01. The van der Waals surface area contributed by atoms with Gasteiger partial charge in [0.2, 0.25) is 13.6 Å². The first-order valence-corrected chi connectivity index (χ1v) is 7.35. The Labute approximate surface area is 137 Å². The second kappa shape index (κ2) is 5.77. The second-order valence-corrected chi connectivity index (χ2v) is 5.27. The molecular weight excluding hydrogens is 312 g/mol. The number of rotatable bonds is 3. The Bertz CT molecular complexity index is 847. The average Bonchev–Trinajstić information content (AvgIpc) is 3.26. The molecule has 1 amide bonds. The van der Waals surface area contributed by atoms with Gasteiger partial charge in [-0.05, 0) is 43.3 Å². The van der Waals surface area contributed by atoms with E-state index >= 15 is 0 Å². The zero-order valence-electron chi connectivity index (χ0n) is 12.9. The molecule has 24 heavy (non-hydrogen) atoms. The number of nitrogens with one attached hydrogen (secondary N) is 1. The summed E-state index contributed by atoms with van der Waals surface area (Å²) in [6, 6.07) is 10.5. The van der Waals surface area contributed by atoms with Crippen LogP contribution in [0, 0.1) is 0 Å². The fourth-order valence-corrected chi connectivity index (χ4v) is 2.42. The Balaban J connectivity index is 1.48. The molecule has 0 unspecified atom stereocenters. The molecule has 0 spiro atoms. The van der Waals surface area contributed by atoms with Gasteiger partial charge in [0.1, 0.15) is 0 Å². The normalized spacial score (nSPS) is 14.6. The Kier molecular flexibility index (Phi) is 3.45. The predicted octanol–water partition coefficient (Wildman–Crippen LogP) is 2.30. The molecular formula is C17H14N2O5. The van der Waals surface area contributed by atoms with Gasteiger partial charge >= 0.3 is 0 Å². The van der Waals surface area contributed by atoms with Crippen LogP contribution in [0.15, 0.2) is 41.5 Å². The standard InChI is InChI=1S/C17H14N2O5/c1-10(11-2-4-13-15(6-11)23-8-21-13)18-19-17(20)12-3-5-14-16(7-12)24-9-22-14/h2-7H,8-9H2,1H3,(H,19,20). The minimum atomic E-state index is -0.326. The Morgan fingerprint density at radius 2 is 1.42 bits per heavy atom. The maximum atomic E-state index is 12.2. The lowest BCUT2D eigenvalue weighted by molar-refractivity contribution is 0.0954. The first-order chi connectivity index (χ1) is 11.7. The lowest BCUT2D eigenvalue weighted by atomic mass is 10.1. The van der Waals surface area contributed by atoms with E-state index in [1.54, 1.807) is 25.1 Å². The summed E-state index contributed by atoms with van der Waals surface area (Å²) in [5, 5.41) is 4.14. The van der Waals surface area contributed by atoms with Crippen LogP contribution < -0.4 is 24.4 Å². The van der Waals surface area contributed by atoms with E-state index < -0.39 is 0 Å². The van der Waals surface area contributed by atoms with Gasteiger partial charge in [0.15, 0.2) is 23.0 Å². The third-order valence-corrected chi connectivity index (χ3v) is 3.75. The summed E-state index contributed by atoms with van der Waals surface area (Å²) in [5.74, 6) is 2.24. The summed E-state index contributed by atoms with van der Waals surface area (Å²) in [6.07, 6.45) is 0. The molecule has 0 atom stereocenters.